The third-order valence-electron chi connectivity index (χ3n) is 7.86. The molecule has 48 heavy (non-hydrogen) atoms. The van der Waals surface area contributed by atoms with Gasteiger partial charge in [-0.1, -0.05) is 39.8 Å². The number of ether oxygens (including phenoxy) is 4. The minimum Gasteiger partial charge on any atom is -0.489 e. The molecule has 11 nitrogen and oxygen atoms in total. The molecule has 1 aliphatic carbocycles. The molecule has 2 aromatic carbocycles. The molecule has 0 unspecified atom stereocenters. The Hall–Kier alpha value is -3.11. The van der Waals surface area contributed by atoms with Gasteiger partial charge in [0, 0.05) is 38.4 Å². The van der Waals surface area contributed by atoms with Gasteiger partial charge in [0.1, 0.15) is 6.10 Å². The normalized spacial score (nSPS) is 16.2. The third kappa shape index (κ3) is 9.53. The molecule has 0 N–H and O–H groups in total. The highest BCUT2D eigenvalue weighted by atomic mass is 35.5. The third-order valence-corrected chi connectivity index (χ3v) is 10.2. The highest BCUT2D eigenvalue weighted by Crippen LogP contribution is 2.38. The first kappa shape index (κ1) is 36.2. The minimum atomic E-state index is -4.17. The standard InChI is InChI=1S/C32H35Cl2F2N3O8S/c1-43-39(10-9-38-11-13-44-14-12-38)48(41,42)24-4-2-3-23(15-24)31(40)46-29(17-25-26(33)18-37-19-27(25)34)22-7-8-28(47-32(35)36)30(16-22)45-20-21-5-6-21/h2-4,7-8,15-16,18-19,21,29,32H,5-6,9-14,17,20H2,1H3/t29-/m0/s1. The molecule has 1 saturated heterocycles. The topological polar surface area (TPSA) is 117 Å². The van der Waals surface area contributed by atoms with Crippen molar-refractivity contribution >= 4 is 39.2 Å². The van der Waals surface area contributed by atoms with Crippen LogP contribution in [0.5, 0.6) is 11.5 Å². The van der Waals surface area contributed by atoms with Crippen LogP contribution in [0, 0.1) is 5.92 Å². The summed E-state index contributed by atoms with van der Waals surface area (Å²) in [6.45, 7) is 0.172. The lowest BCUT2D eigenvalue weighted by Gasteiger charge is -2.28. The molecule has 2 aliphatic rings. The highest BCUT2D eigenvalue weighted by molar-refractivity contribution is 7.89. The molecule has 1 saturated carbocycles. The van der Waals surface area contributed by atoms with Crippen LogP contribution in [0.4, 0.5) is 8.78 Å². The summed E-state index contributed by atoms with van der Waals surface area (Å²) >= 11 is 12.8. The Morgan fingerprint density at radius 2 is 1.81 bits per heavy atom. The first-order valence-electron chi connectivity index (χ1n) is 15.2. The van der Waals surface area contributed by atoms with Crippen molar-refractivity contribution in [3.8, 4) is 11.5 Å². The lowest BCUT2D eigenvalue weighted by Crippen LogP contribution is -2.42. The summed E-state index contributed by atoms with van der Waals surface area (Å²) in [7, 11) is -2.91. The first-order valence-corrected chi connectivity index (χ1v) is 17.4. The van der Waals surface area contributed by atoms with Crippen molar-refractivity contribution in [3.05, 3.63) is 81.6 Å². The molecule has 1 atom stereocenters. The SMILES string of the molecule is CON(CCN1CCOCC1)S(=O)(=O)c1cccc(C(=O)O[C@@H](Cc2c(Cl)cncc2Cl)c2ccc(OC(F)F)c(OCC3CC3)c2)c1. The number of morpholine rings is 1. The fourth-order valence-electron chi connectivity index (χ4n) is 5.03. The number of rotatable bonds is 16. The molecule has 0 radical (unpaired) electrons. The van der Waals surface area contributed by atoms with Crippen LogP contribution in [0.25, 0.3) is 0 Å². The van der Waals surface area contributed by atoms with E-state index in [1.807, 2.05) is 0 Å². The molecule has 3 aromatic rings. The maximum absolute atomic E-state index is 13.6. The molecular formula is C32H35Cl2F2N3O8S. The van der Waals surface area contributed by atoms with Crippen molar-refractivity contribution in [2.45, 2.75) is 36.9 Å². The van der Waals surface area contributed by atoms with Crippen LogP contribution < -0.4 is 9.47 Å². The van der Waals surface area contributed by atoms with Crippen LogP contribution in [0.1, 0.15) is 40.4 Å². The van der Waals surface area contributed by atoms with Crippen LogP contribution in [0.15, 0.2) is 59.8 Å². The zero-order chi connectivity index (χ0) is 34.3. The van der Waals surface area contributed by atoms with Gasteiger partial charge in [-0.15, -0.1) is 0 Å². The summed E-state index contributed by atoms with van der Waals surface area (Å²) in [5, 5.41) is 0.437. The van der Waals surface area contributed by atoms with Crippen LogP contribution >= 0.6 is 23.2 Å². The van der Waals surface area contributed by atoms with Crippen molar-refractivity contribution < 1.29 is 45.8 Å². The van der Waals surface area contributed by atoms with Crippen molar-refractivity contribution in [3.63, 3.8) is 0 Å². The van der Waals surface area contributed by atoms with Gasteiger partial charge in [0.25, 0.3) is 10.0 Å². The van der Waals surface area contributed by atoms with E-state index >= 15 is 0 Å². The molecule has 5 rings (SSSR count). The number of halogens is 4. The van der Waals surface area contributed by atoms with E-state index in [-0.39, 0.29) is 45.0 Å². The Morgan fingerprint density at radius 3 is 2.48 bits per heavy atom. The molecule has 260 valence electrons. The van der Waals surface area contributed by atoms with Gasteiger partial charge < -0.3 is 18.9 Å². The van der Waals surface area contributed by atoms with Gasteiger partial charge in [-0.2, -0.15) is 8.78 Å². The van der Waals surface area contributed by atoms with Crippen molar-refractivity contribution in [2.24, 2.45) is 5.92 Å². The van der Waals surface area contributed by atoms with Gasteiger partial charge in [-0.25, -0.2) is 13.2 Å². The minimum absolute atomic E-state index is 0.0278. The zero-order valence-corrected chi connectivity index (χ0v) is 28.4. The number of alkyl halides is 2. The van der Waals surface area contributed by atoms with Gasteiger partial charge in [0.2, 0.25) is 0 Å². The number of hydrogen-bond donors (Lipinski definition) is 0. The molecule has 0 spiro atoms. The fraction of sp³-hybridized carbons (Fsp3) is 0.438. The summed E-state index contributed by atoms with van der Waals surface area (Å²) < 4.78 is 76.1. The second-order valence-electron chi connectivity index (χ2n) is 11.2. The lowest BCUT2D eigenvalue weighted by atomic mass is 10.0. The Labute approximate surface area is 287 Å². The second kappa shape index (κ2) is 16.5. The average molecular weight is 731 g/mol. The van der Waals surface area contributed by atoms with E-state index in [0.29, 0.717) is 56.5 Å². The molecule has 2 fully saturated rings. The number of esters is 1. The predicted octanol–water partition coefficient (Wildman–Crippen LogP) is 5.80. The number of aromatic nitrogens is 1. The van der Waals surface area contributed by atoms with Gasteiger partial charge in [-0.3, -0.25) is 14.7 Å². The summed E-state index contributed by atoms with van der Waals surface area (Å²) in [5.41, 5.74) is 0.740. The molecular weight excluding hydrogens is 695 g/mol. The number of benzene rings is 2. The summed E-state index contributed by atoms with van der Waals surface area (Å²) in [6.07, 6.45) is 3.62. The molecule has 0 amide bonds. The zero-order valence-electron chi connectivity index (χ0n) is 26.0. The number of nitrogens with zero attached hydrogens (tertiary/aromatic N) is 3. The van der Waals surface area contributed by atoms with Crippen molar-refractivity contribution in [1.29, 1.82) is 0 Å². The Balaban J connectivity index is 1.41. The summed E-state index contributed by atoms with van der Waals surface area (Å²) in [4.78, 5) is 24.7. The number of hydrogen-bond acceptors (Lipinski definition) is 10. The highest BCUT2D eigenvalue weighted by Gasteiger charge is 2.29. The van der Waals surface area contributed by atoms with Gasteiger partial charge in [0.15, 0.2) is 11.5 Å². The van der Waals surface area contributed by atoms with Crippen LogP contribution in [-0.2, 0) is 30.8 Å². The maximum Gasteiger partial charge on any atom is 0.387 e. The van der Waals surface area contributed by atoms with Crippen molar-refractivity contribution in [2.75, 3.05) is 53.1 Å². The molecule has 2 heterocycles. The van der Waals surface area contributed by atoms with Crippen LogP contribution in [0.3, 0.4) is 0 Å². The van der Waals surface area contributed by atoms with E-state index in [1.165, 1.54) is 62.0 Å². The summed E-state index contributed by atoms with van der Waals surface area (Å²) in [6, 6.07) is 9.63. The quantitative estimate of drug-likeness (QED) is 0.132. The molecule has 1 aromatic heterocycles. The van der Waals surface area contributed by atoms with Crippen LogP contribution in [0.2, 0.25) is 10.0 Å². The lowest BCUT2D eigenvalue weighted by molar-refractivity contribution is -0.0582. The first-order chi connectivity index (χ1) is 23.0. The van der Waals surface area contributed by atoms with E-state index in [2.05, 4.69) is 14.6 Å². The smallest absolute Gasteiger partial charge is 0.387 e. The van der Waals surface area contributed by atoms with E-state index in [0.717, 1.165) is 17.3 Å². The Morgan fingerprint density at radius 1 is 1.08 bits per heavy atom. The van der Waals surface area contributed by atoms with E-state index < -0.39 is 28.7 Å². The Bertz CT molecular complexity index is 1660. The number of carbonyl (C=O) groups excluding carboxylic acids is 1. The predicted molar refractivity (Wildman–Crippen MR) is 172 cm³/mol. The molecule has 0 bridgehead atoms. The number of hydroxylamine groups is 1. The molecule has 16 heteroatoms. The van der Waals surface area contributed by atoms with Gasteiger partial charge in [-0.05, 0) is 60.2 Å². The number of carbonyl (C=O) groups is 1. The maximum atomic E-state index is 13.6. The van der Waals surface area contributed by atoms with E-state index in [4.69, 9.17) is 42.3 Å². The Kier molecular flexibility index (Phi) is 12.5. The average Bonchev–Trinajstić information content (AvgIpc) is 3.91. The van der Waals surface area contributed by atoms with E-state index in [1.54, 1.807) is 0 Å². The molecule has 1 aliphatic heterocycles. The number of pyridine rings is 1. The van der Waals surface area contributed by atoms with Crippen molar-refractivity contribution in [1.82, 2.24) is 14.4 Å². The second-order valence-corrected chi connectivity index (χ2v) is 13.9. The van der Waals surface area contributed by atoms with Gasteiger partial charge >= 0.3 is 12.6 Å². The van der Waals surface area contributed by atoms with Crippen LogP contribution in [-0.4, -0.2) is 88.5 Å². The van der Waals surface area contributed by atoms with Gasteiger partial charge in [0.05, 0.1) is 54.0 Å². The summed E-state index contributed by atoms with van der Waals surface area (Å²) in [5.74, 6) is -0.664. The largest absolute Gasteiger partial charge is 0.489 e. The number of sulfonamides is 1. The fourth-order valence-corrected chi connectivity index (χ4v) is 6.82. The monoisotopic (exact) mass is 729 g/mol. The van der Waals surface area contributed by atoms with E-state index in [9.17, 15) is 22.0 Å².